The second kappa shape index (κ2) is 20.7. The summed E-state index contributed by atoms with van der Waals surface area (Å²) in [4.78, 5) is 50.0. The third-order valence-electron chi connectivity index (χ3n) is 15.3. The lowest BCUT2D eigenvalue weighted by atomic mass is 10.0. The number of carbonyl (C=O) groups is 1. The molecule has 1 aliphatic carbocycles. The van der Waals surface area contributed by atoms with E-state index in [2.05, 4.69) is 50.0 Å². The van der Waals surface area contributed by atoms with E-state index in [-0.39, 0.29) is 35.3 Å². The third kappa shape index (κ3) is 9.49. The number of methoxy groups -OCH3 is 1. The van der Waals surface area contributed by atoms with E-state index < -0.39 is 0 Å². The lowest BCUT2D eigenvalue weighted by molar-refractivity contribution is -0.133. The predicted octanol–water partition coefficient (Wildman–Crippen LogP) is 7.36. The van der Waals surface area contributed by atoms with E-state index in [1.165, 1.54) is 19.0 Å². The molecular formula is C56H57N19O6. The van der Waals surface area contributed by atoms with Gasteiger partial charge in [-0.1, -0.05) is 12.1 Å². The molecule has 15 rings (SSSR count). The maximum absolute atomic E-state index is 12.4. The predicted molar refractivity (Wildman–Crippen MR) is 305 cm³/mol. The van der Waals surface area contributed by atoms with Gasteiger partial charge in [-0.05, 0) is 99.2 Å². The second-order valence-electron chi connectivity index (χ2n) is 20.5. The number of benzene rings is 3. The number of phenolic OH excluding ortho intramolecular Hbond substituents is 3. The number of nitrogens with two attached hydrogens (primary N) is 3. The van der Waals surface area contributed by atoms with Crippen LogP contribution >= 0.6 is 0 Å². The van der Waals surface area contributed by atoms with Crippen molar-refractivity contribution in [3.63, 3.8) is 0 Å². The second-order valence-corrected chi connectivity index (χ2v) is 20.5. The molecule has 12 aromatic rings. The maximum atomic E-state index is 12.4. The van der Waals surface area contributed by atoms with Crippen LogP contribution in [0.5, 0.6) is 17.2 Å². The van der Waals surface area contributed by atoms with Gasteiger partial charge in [0.1, 0.15) is 70.8 Å². The van der Waals surface area contributed by atoms with Crippen LogP contribution in [0, 0.1) is 5.92 Å². The van der Waals surface area contributed by atoms with Crippen LogP contribution in [0.4, 0.5) is 17.5 Å². The number of nitrogens with zero attached hydrogens (tertiary/aromatic N) is 13. The number of piperidine rings is 1. The van der Waals surface area contributed by atoms with Crippen LogP contribution in [-0.2, 0) is 20.8 Å². The first-order chi connectivity index (χ1) is 39.5. The summed E-state index contributed by atoms with van der Waals surface area (Å²) < 4.78 is 16.3. The number of H-pyrrole nitrogens is 3. The van der Waals surface area contributed by atoms with Gasteiger partial charge in [0.05, 0.1) is 64.0 Å². The number of phenols is 3. The highest BCUT2D eigenvalue weighted by molar-refractivity contribution is 6.03. The van der Waals surface area contributed by atoms with Gasteiger partial charge in [0.2, 0.25) is 5.91 Å². The Bertz CT molecular complexity index is 4330. The van der Waals surface area contributed by atoms with Crippen LogP contribution in [0.3, 0.4) is 0 Å². The van der Waals surface area contributed by atoms with Gasteiger partial charge in [-0.3, -0.25) is 4.79 Å². The van der Waals surface area contributed by atoms with Crippen molar-refractivity contribution in [1.82, 2.24) is 79.1 Å². The van der Waals surface area contributed by atoms with E-state index in [1.807, 2.05) is 50.7 Å². The highest BCUT2D eigenvalue weighted by Gasteiger charge is 2.36. The number of fused-ring (bicyclic) bond motifs is 6. The number of nitrogen functional groups attached to an aromatic ring is 3. The molecule has 412 valence electrons. The molecule has 3 aliphatic rings. The fraction of sp³-hybridized carbons (Fsp3) is 0.286. The summed E-state index contributed by atoms with van der Waals surface area (Å²) in [5.74, 6) is 2.33. The molecule has 2 aliphatic heterocycles. The van der Waals surface area contributed by atoms with Crippen molar-refractivity contribution >= 4 is 89.2 Å². The van der Waals surface area contributed by atoms with Crippen molar-refractivity contribution in [3.8, 4) is 51.4 Å². The maximum Gasteiger partial charge on any atom is 0.225 e. The lowest BCUT2D eigenvalue weighted by Crippen LogP contribution is -2.40. The van der Waals surface area contributed by atoms with E-state index in [0.29, 0.717) is 88.7 Å². The first-order valence-corrected chi connectivity index (χ1v) is 26.7. The number of ether oxygens (including phenoxy) is 2. The number of aromatic hydroxyl groups is 3. The minimum atomic E-state index is 0.131. The van der Waals surface area contributed by atoms with Gasteiger partial charge >= 0.3 is 0 Å². The van der Waals surface area contributed by atoms with E-state index in [0.717, 1.165) is 113 Å². The quantitative estimate of drug-likeness (QED) is 0.0681. The van der Waals surface area contributed by atoms with Crippen molar-refractivity contribution in [2.24, 2.45) is 5.92 Å². The molecular weight excluding hydrogens is 1030 g/mol. The zero-order chi connectivity index (χ0) is 55.5. The minimum Gasteiger partial charge on any atom is -0.508 e. The number of aromatic amines is 3. The van der Waals surface area contributed by atoms with Crippen molar-refractivity contribution in [1.29, 1.82) is 0 Å². The Labute approximate surface area is 459 Å². The summed E-state index contributed by atoms with van der Waals surface area (Å²) in [7, 11) is 1.64. The molecule has 81 heavy (non-hydrogen) atoms. The number of likely N-dealkylation sites (tertiary alicyclic amines) is 1. The van der Waals surface area contributed by atoms with Gasteiger partial charge < -0.3 is 61.8 Å². The molecule has 11 heterocycles. The number of carbonyl (C=O) groups excluding carboxylic acids is 1. The number of hydrogen-bond acceptors (Lipinski definition) is 18. The van der Waals surface area contributed by atoms with Gasteiger partial charge in [0.25, 0.3) is 0 Å². The average Bonchev–Trinajstić information content (AvgIpc) is 4.24. The molecule has 0 spiro atoms. The smallest absolute Gasteiger partial charge is 0.225 e. The van der Waals surface area contributed by atoms with Crippen LogP contribution in [0.25, 0.3) is 100.0 Å². The van der Waals surface area contributed by atoms with Crippen LogP contribution in [0.15, 0.2) is 91.8 Å². The molecule has 1 amide bonds. The summed E-state index contributed by atoms with van der Waals surface area (Å²) >= 11 is 0. The summed E-state index contributed by atoms with van der Waals surface area (Å²) in [6.07, 6.45) is 9.85. The Hall–Kier alpha value is -9.88. The number of nitrogens with one attached hydrogen (secondary N) is 3. The molecule has 3 fully saturated rings. The molecule has 3 aromatic carbocycles. The number of rotatable bonds is 9. The van der Waals surface area contributed by atoms with E-state index in [9.17, 15) is 20.1 Å². The highest BCUT2D eigenvalue weighted by Crippen LogP contribution is 2.40. The molecule has 0 atom stereocenters. The van der Waals surface area contributed by atoms with Crippen LogP contribution in [-0.4, -0.2) is 140 Å². The number of hydrogen-bond donors (Lipinski definition) is 9. The number of anilines is 3. The van der Waals surface area contributed by atoms with Crippen molar-refractivity contribution in [2.45, 2.75) is 57.2 Å². The zero-order valence-corrected chi connectivity index (χ0v) is 44.0. The van der Waals surface area contributed by atoms with Crippen molar-refractivity contribution in [2.75, 3.05) is 57.2 Å². The van der Waals surface area contributed by atoms with Crippen LogP contribution in [0.1, 0.15) is 50.6 Å². The van der Waals surface area contributed by atoms with Gasteiger partial charge in [0.15, 0.2) is 16.9 Å². The summed E-state index contributed by atoms with van der Waals surface area (Å²) in [5.41, 5.74) is 27.5. The first-order valence-electron chi connectivity index (χ1n) is 26.7. The Balaban J connectivity index is 0.000000116. The summed E-state index contributed by atoms with van der Waals surface area (Å²) in [5, 5.41) is 48.8. The summed E-state index contributed by atoms with van der Waals surface area (Å²) in [6, 6.07) is 21.9. The molecule has 1 saturated carbocycles. The Morgan fingerprint density at radius 2 is 1.11 bits per heavy atom. The molecule has 0 radical (unpaired) electrons. The molecule has 9 aromatic heterocycles. The van der Waals surface area contributed by atoms with E-state index in [1.54, 1.807) is 48.2 Å². The SMILES string of the molecule is COCCn1nc(-c2cc3cc(O)ccc3[nH]2)c2c(N)ncnc21.Nc1ncnc2c1c(-c1cc3cc(O)ccc3[nH]1)nn2C1CCOCC1.Nc1ncnc2c1c(-c1cc3cccc(O)c3[nH]1)nn2C1CCN(C(=O)C2CC2)CC1. The Morgan fingerprint density at radius 1 is 0.605 bits per heavy atom. The van der Waals surface area contributed by atoms with Crippen LogP contribution in [0.2, 0.25) is 0 Å². The summed E-state index contributed by atoms with van der Waals surface area (Å²) in [6.45, 7) is 3.97. The molecule has 25 heteroatoms. The molecule has 0 bridgehead atoms. The minimum absolute atomic E-state index is 0.131. The lowest BCUT2D eigenvalue weighted by Gasteiger charge is -2.32. The van der Waals surface area contributed by atoms with E-state index >= 15 is 0 Å². The fourth-order valence-corrected chi connectivity index (χ4v) is 11.0. The Kier molecular flexibility index (Phi) is 13.0. The molecule has 25 nitrogen and oxygen atoms in total. The normalized spacial score (nSPS) is 15.2. The van der Waals surface area contributed by atoms with Gasteiger partial charge in [-0.2, -0.15) is 15.3 Å². The number of amides is 1. The first kappa shape index (κ1) is 50.6. The fourth-order valence-electron chi connectivity index (χ4n) is 11.0. The molecule has 12 N–H and O–H groups in total. The van der Waals surface area contributed by atoms with Crippen LogP contribution < -0.4 is 17.2 Å². The van der Waals surface area contributed by atoms with Crippen molar-refractivity contribution < 1.29 is 29.6 Å². The monoisotopic (exact) mass is 1090 g/mol. The van der Waals surface area contributed by atoms with Gasteiger partial charge in [-0.25, -0.2) is 43.9 Å². The van der Waals surface area contributed by atoms with Gasteiger partial charge in [-0.15, -0.1) is 0 Å². The topological polar surface area (TPSA) is 356 Å². The molecule has 0 unspecified atom stereocenters. The van der Waals surface area contributed by atoms with E-state index in [4.69, 9.17) is 36.9 Å². The zero-order valence-electron chi connectivity index (χ0n) is 44.0. The van der Waals surface area contributed by atoms with Crippen molar-refractivity contribution in [3.05, 3.63) is 91.8 Å². The highest BCUT2D eigenvalue weighted by atomic mass is 16.5. The van der Waals surface area contributed by atoms with Gasteiger partial charge in [0, 0.05) is 66.5 Å². The Morgan fingerprint density at radius 3 is 1.65 bits per heavy atom. The standard InChI is InChI=1S/C22H23N7O2.C18H18N6O2.C16H16N6O2/c23-20-17-19(15-10-13-2-1-3-16(30)18(13)26-15)27-29(21(17)25-11-24-20)14-6-8-28(9-7-14)22(31)12-4-5-12;19-17-15-16(14-8-10-7-12(25)1-2-13(10)22-14)23-24(18(15)21-9-20-17)11-3-5-26-6-4-11;1-24-5-4-22-16-13(15(17)18-8-19-16)14(21-22)12-7-9-6-10(23)2-3-11(9)20-12/h1-3,10-12,14,26,30H,4-9H2,(H2,23,24,25);1-2,7-9,11,22,25H,3-6H2,(H2,19,20,21);2-3,6-8,20,23H,4-5H2,1H3,(H2,17,18,19). The number of aromatic nitrogens is 15. The largest absolute Gasteiger partial charge is 0.508 e. The number of para-hydroxylation sites is 1. The third-order valence-corrected chi connectivity index (χ3v) is 15.3. The molecule has 2 saturated heterocycles. The average molecular weight is 1090 g/mol.